The number of anilines is 2. The summed E-state index contributed by atoms with van der Waals surface area (Å²) in [5, 5.41) is 17.2. The highest BCUT2D eigenvalue weighted by molar-refractivity contribution is 8.00. The number of carbonyl (C=O) groups is 4. The third-order valence-corrected chi connectivity index (χ3v) is 8.78. The number of hydrogen-bond donors (Lipinski definition) is 4. The molecule has 0 saturated heterocycles. The van der Waals surface area contributed by atoms with Crippen LogP contribution in [0.5, 0.6) is 0 Å². The molecule has 3 amide bonds. The Labute approximate surface area is 286 Å². The predicted octanol–water partition coefficient (Wildman–Crippen LogP) is 8.23. The van der Waals surface area contributed by atoms with Crippen LogP contribution in [0.15, 0.2) is 138 Å². The van der Waals surface area contributed by atoms with Gasteiger partial charge in [0, 0.05) is 21.8 Å². The summed E-state index contributed by atoms with van der Waals surface area (Å²) in [5.74, 6) is -2.48. The van der Waals surface area contributed by atoms with Crippen LogP contribution < -0.4 is 16.0 Å². The van der Waals surface area contributed by atoms with E-state index < -0.39 is 23.0 Å². The van der Waals surface area contributed by atoms with Crippen LogP contribution in [0.3, 0.4) is 0 Å². The maximum atomic E-state index is 13.5. The lowest BCUT2D eigenvalue weighted by Gasteiger charge is -2.18. The van der Waals surface area contributed by atoms with E-state index in [0.717, 1.165) is 21.6 Å². The van der Waals surface area contributed by atoms with Crippen molar-refractivity contribution in [3.05, 3.63) is 166 Å². The van der Waals surface area contributed by atoms with Gasteiger partial charge in [0.15, 0.2) is 0 Å². The minimum Gasteiger partial charge on any atom is -0.478 e. The van der Waals surface area contributed by atoms with Crippen LogP contribution in [-0.4, -0.2) is 28.8 Å². The Bertz CT molecular complexity index is 1980. The number of carboxylic acids is 1. The number of thioether (sulfide) groups is 1. The topological polar surface area (TPSA) is 125 Å². The number of carboxylic acid groups (broad SMARTS) is 1. The largest absolute Gasteiger partial charge is 0.478 e. The van der Waals surface area contributed by atoms with Crippen LogP contribution in [-0.2, 0) is 9.59 Å². The van der Waals surface area contributed by atoms with Crippen LogP contribution in [0.4, 0.5) is 11.4 Å². The molecule has 0 saturated carbocycles. The third-order valence-electron chi connectivity index (χ3n) is 7.19. The molecule has 0 aliphatic carbocycles. The Morgan fingerprint density at radius 2 is 1.38 bits per heavy atom. The van der Waals surface area contributed by atoms with Gasteiger partial charge in [-0.05, 0) is 84.3 Å². The van der Waals surface area contributed by atoms with Gasteiger partial charge in [-0.25, -0.2) is 4.79 Å². The number of hydrogen-bond acceptors (Lipinski definition) is 5. The zero-order chi connectivity index (χ0) is 34.0. The molecular weight excluding hydrogens is 646 g/mol. The first-order valence-corrected chi connectivity index (χ1v) is 16.0. The molecule has 5 rings (SSSR count). The molecule has 0 radical (unpaired) electrons. The van der Waals surface area contributed by atoms with E-state index in [4.69, 9.17) is 11.6 Å². The van der Waals surface area contributed by atoms with Crippen molar-refractivity contribution in [1.82, 2.24) is 5.32 Å². The van der Waals surface area contributed by atoms with Crippen LogP contribution in [0, 0.1) is 6.92 Å². The molecule has 0 heterocycles. The summed E-state index contributed by atoms with van der Waals surface area (Å²) in [4.78, 5) is 52.3. The molecule has 0 aliphatic rings. The van der Waals surface area contributed by atoms with E-state index in [-0.39, 0.29) is 22.2 Å². The van der Waals surface area contributed by atoms with Crippen molar-refractivity contribution >= 4 is 64.5 Å². The lowest BCUT2D eigenvalue weighted by Crippen LogP contribution is -2.30. The molecule has 0 aromatic heterocycles. The van der Waals surface area contributed by atoms with Gasteiger partial charge < -0.3 is 21.1 Å². The molecule has 1 unspecified atom stereocenters. The molecule has 0 bridgehead atoms. The lowest BCUT2D eigenvalue weighted by atomic mass is 10.1. The van der Waals surface area contributed by atoms with E-state index in [1.54, 1.807) is 66.7 Å². The summed E-state index contributed by atoms with van der Waals surface area (Å²) in [6, 6.07) is 36.6. The van der Waals surface area contributed by atoms with Crippen molar-refractivity contribution in [2.24, 2.45) is 0 Å². The average Bonchev–Trinajstić information content (AvgIpc) is 3.10. The Kier molecular flexibility index (Phi) is 11.1. The number of carbonyl (C=O) groups excluding carboxylic acids is 3. The first-order chi connectivity index (χ1) is 23.2. The number of aromatic carboxylic acids is 1. The molecule has 0 aliphatic heterocycles. The van der Waals surface area contributed by atoms with E-state index in [0.29, 0.717) is 16.9 Å². The van der Waals surface area contributed by atoms with E-state index in [1.807, 2.05) is 61.5 Å². The molecular formula is C38H30ClN3O5S. The number of halogens is 1. The highest BCUT2D eigenvalue weighted by Crippen LogP contribution is 2.37. The van der Waals surface area contributed by atoms with Gasteiger partial charge in [-0.15, -0.1) is 11.8 Å². The van der Waals surface area contributed by atoms with Gasteiger partial charge in [-0.1, -0.05) is 84.4 Å². The standard InChI is InChI=1S/C38H30ClN3O5S/c1-24-10-8-9-15-27(24)22-33(42-35(43)26-13-6-3-7-14-26)36(44)40-28-16-19-30(20-17-28)48-34(25-11-4-2-5-12-25)37(45)41-29-18-21-32(39)31(23-29)38(46)47/h2-23,34H,1H3,(H,40,44)(H,41,45)(H,42,43)(H,46,47)/b33-22-. The Morgan fingerprint density at radius 1 is 0.750 bits per heavy atom. The minimum absolute atomic E-state index is 0.0676. The summed E-state index contributed by atoms with van der Waals surface area (Å²) in [6.45, 7) is 1.92. The highest BCUT2D eigenvalue weighted by Gasteiger charge is 2.23. The van der Waals surface area contributed by atoms with Gasteiger partial charge >= 0.3 is 5.97 Å². The molecule has 4 N–H and O–H groups in total. The van der Waals surface area contributed by atoms with Gasteiger partial charge in [0.1, 0.15) is 10.9 Å². The number of aryl methyl sites for hydroxylation is 1. The second-order valence-electron chi connectivity index (χ2n) is 10.6. The van der Waals surface area contributed by atoms with E-state index in [2.05, 4.69) is 16.0 Å². The van der Waals surface area contributed by atoms with Gasteiger partial charge in [0.05, 0.1) is 10.6 Å². The van der Waals surface area contributed by atoms with Crippen molar-refractivity contribution in [1.29, 1.82) is 0 Å². The molecule has 5 aromatic rings. The second kappa shape index (κ2) is 15.8. The summed E-state index contributed by atoms with van der Waals surface area (Å²) in [7, 11) is 0. The van der Waals surface area contributed by atoms with Gasteiger partial charge in [0.2, 0.25) is 5.91 Å². The smallest absolute Gasteiger partial charge is 0.337 e. The van der Waals surface area contributed by atoms with Crippen molar-refractivity contribution in [3.63, 3.8) is 0 Å². The molecule has 0 spiro atoms. The van der Waals surface area contributed by atoms with Crippen molar-refractivity contribution in [3.8, 4) is 0 Å². The Morgan fingerprint density at radius 3 is 2.04 bits per heavy atom. The van der Waals surface area contributed by atoms with Crippen molar-refractivity contribution in [2.45, 2.75) is 17.1 Å². The van der Waals surface area contributed by atoms with E-state index >= 15 is 0 Å². The first-order valence-electron chi connectivity index (χ1n) is 14.8. The molecule has 240 valence electrons. The second-order valence-corrected chi connectivity index (χ2v) is 12.2. The SMILES string of the molecule is Cc1ccccc1/C=C(\NC(=O)c1ccccc1)C(=O)Nc1ccc(SC(C(=O)Nc2ccc(Cl)c(C(=O)O)c2)c2ccccc2)cc1. The zero-order valence-corrected chi connectivity index (χ0v) is 27.2. The summed E-state index contributed by atoms with van der Waals surface area (Å²) in [6.07, 6.45) is 1.64. The number of nitrogens with one attached hydrogen (secondary N) is 3. The predicted molar refractivity (Wildman–Crippen MR) is 190 cm³/mol. The molecule has 10 heteroatoms. The van der Waals surface area contributed by atoms with Gasteiger partial charge in [-0.3, -0.25) is 14.4 Å². The van der Waals surface area contributed by atoms with Crippen molar-refractivity contribution in [2.75, 3.05) is 10.6 Å². The third kappa shape index (κ3) is 8.79. The normalized spacial score (nSPS) is 11.7. The number of amides is 3. The lowest BCUT2D eigenvalue weighted by molar-refractivity contribution is -0.116. The van der Waals surface area contributed by atoms with Crippen LogP contribution >= 0.6 is 23.4 Å². The maximum Gasteiger partial charge on any atom is 0.337 e. The monoisotopic (exact) mass is 675 g/mol. The quantitative estimate of drug-likeness (QED) is 0.0826. The Hall–Kier alpha value is -5.64. The number of benzene rings is 5. The molecule has 48 heavy (non-hydrogen) atoms. The fraction of sp³-hybridized carbons (Fsp3) is 0.0526. The summed E-state index contributed by atoms with van der Waals surface area (Å²) < 4.78 is 0. The minimum atomic E-state index is -1.20. The summed E-state index contributed by atoms with van der Waals surface area (Å²) in [5.41, 5.74) is 3.62. The fourth-order valence-electron chi connectivity index (χ4n) is 4.67. The molecule has 0 fully saturated rings. The average molecular weight is 676 g/mol. The van der Waals surface area contributed by atoms with E-state index in [9.17, 15) is 24.3 Å². The van der Waals surface area contributed by atoms with Crippen LogP contribution in [0.1, 0.15) is 42.7 Å². The van der Waals surface area contributed by atoms with Crippen LogP contribution in [0.25, 0.3) is 6.08 Å². The zero-order valence-electron chi connectivity index (χ0n) is 25.6. The molecule has 1 atom stereocenters. The van der Waals surface area contributed by atoms with Gasteiger partial charge in [-0.2, -0.15) is 0 Å². The molecule has 8 nitrogen and oxygen atoms in total. The maximum absolute atomic E-state index is 13.5. The first kappa shape index (κ1) is 33.7. The number of rotatable bonds is 11. The Balaban J connectivity index is 1.34. The van der Waals surface area contributed by atoms with Crippen molar-refractivity contribution < 1.29 is 24.3 Å². The molecule has 5 aromatic carbocycles. The van der Waals surface area contributed by atoms with E-state index in [1.165, 1.54) is 23.9 Å². The van der Waals surface area contributed by atoms with Crippen LogP contribution in [0.2, 0.25) is 5.02 Å². The van der Waals surface area contributed by atoms with Gasteiger partial charge in [0.25, 0.3) is 11.8 Å². The fourth-order valence-corrected chi connectivity index (χ4v) is 5.90. The summed E-state index contributed by atoms with van der Waals surface area (Å²) >= 11 is 7.29. The highest BCUT2D eigenvalue weighted by atomic mass is 35.5.